The maximum atomic E-state index is 5.78. The molecule has 0 saturated heterocycles. The Hall–Kier alpha value is -1.27. The molecule has 2 aromatic rings. The molecule has 3 N–H and O–H groups in total. The van der Waals surface area contributed by atoms with Gasteiger partial charge < -0.3 is 11.1 Å². The van der Waals surface area contributed by atoms with E-state index in [4.69, 9.17) is 5.73 Å². The molecule has 0 atom stereocenters. The molecule has 0 aliphatic heterocycles. The van der Waals surface area contributed by atoms with Crippen molar-refractivity contribution in [3.63, 3.8) is 0 Å². The number of hydrogen-bond donors (Lipinski definition) is 2. The van der Waals surface area contributed by atoms with Crippen molar-refractivity contribution in [3.8, 4) is 0 Å². The summed E-state index contributed by atoms with van der Waals surface area (Å²) in [5.74, 6) is 0.608. The first-order valence-corrected chi connectivity index (χ1v) is 7.14. The number of nitrogens with two attached hydrogens (primary N) is 1. The van der Waals surface area contributed by atoms with Crippen molar-refractivity contribution >= 4 is 34.1 Å². The van der Waals surface area contributed by atoms with Gasteiger partial charge >= 0.3 is 0 Å². The maximum Gasteiger partial charge on any atom is 0.153 e. The Morgan fingerprint density at radius 3 is 3.06 bits per heavy atom. The summed E-state index contributed by atoms with van der Waals surface area (Å²) in [4.78, 5) is 5.11. The largest absolute Gasteiger partial charge is 0.382 e. The molecule has 17 heavy (non-hydrogen) atoms. The molecule has 0 fully saturated rings. The number of pyridine rings is 1. The zero-order chi connectivity index (χ0) is 12.3. The summed E-state index contributed by atoms with van der Waals surface area (Å²) >= 11 is 3.02. The predicted octanol–water partition coefficient (Wildman–Crippen LogP) is 2.76. The van der Waals surface area contributed by atoms with Crippen LogP contribution in [0.2, 0.25) is 0 Å². The first kappa shape index (κ1) is 12.2. The topological polar surface area (TPSA) is 63.8 Å². The molecule has 2 heterocycles. The van der Waals surface area contributed by atoms with Crippen LogP contribution in [0.15, 0.2) is 23.4 Å². The molecule has 0 aliphatic carbocycles. The third kappa shape index (κ3) is 2.70. The molecule has 2 rings (SSSR count). The second kappa shape index (κ2) is 5.37. The zero-order valence-corrected chi connectivity index (χ0v) is 11.4. The molecule has 4 nitrogen and oxygen atoms in total. The molecule has 0 radical (unpaired) electrons. The van der Waals surface area contributed by atoms with Crippen LogP contribution in [-0.2, 0) is 6.54 Å². The van der Waals surface area contributed by atoms with Crippen LogP contribution >= 0.6 is 23.3 Å². The number of hydrogen-bond acceptors (Lipinski definition) is 6. The molecule has 90 valence electrons. The number of aromatic nitrogens is 2. The quantitative estimate of drug-likeness (QED) is 0.833. The Bertz CT molecular complexity index is 510. The van der Waals surface area contributed by atoms with Crippen LogP contribution in [-0.4, -0.2) is 15.6 Å². The minimum Gasteiger partial charge on any atom is -0.382 e. The summed E-state index contributed by atoms with van der Waals surface area (Å²) in [5, 5.41) is 4.40. The van der Waals surface area contributed by atoms with Crippen LogP contribution < -0.4 is 11.1 Å². The monoisotopic (exact) mass is 266 g/mol. The van der Waals surface area contributed by atoms with E-state index in [2.05, 4.69) is 21.6 Å². The first-order chi connectivity index (χ1) is 8.22. The summed E-state index contributed by atoms with van der Waals surface area (Å²) in [6, 6.07) is 2.02. The lowest BCUT2D eigenvalue weighted by atomic mass is 10.1. The highest BCUT2D eigenvalue weighted by molar-refractivity contribution is 7.99. The fourth-order valence-electron chi connectivity index (χ4n) is 1.48. The van der Waals surface area contributed by atoms with Crippen LogP contribution in [0.5, 0.6) is 0 Å². The van der Waals surface area contributed by atoms with Gasteiger partial charge in [0.2, 0.25) is 0 Å². The Kier molecular flexibility index (Phi) is 3.86. The highest BCUT2D eigenvalue weighted by atomic mass is 32.2. The van der Waals surface area contributed by atoms with Crippen molar-refractivity contribution in [1.82, 2.24) is 9.36 Å². The molecule has 0 amide bonds. The van der Waals surface area contributed by atoms with Crippen LogP contribution in [0.4, 0.5) is 10.8 Å². The lowest BCUT2D eigenvalue weighted by molar-refractivity contribution is 1.09. The van der Waals surface area contributed by atoms with Crippen LogP contribution in [0.25, 0.3) is 0 Å². The summed E-state index contributed by atoms with van der Waals surface area (Å²) in [6.07, 6.45) is 5.68. The van der Waals surface area contributed by atoms with E-state index in [0.29, 0.717) is 5.82 Å². The summed E-state index contributed by atoms with van der Waals surface area (Å²) in [6.45, 7) is 2.82. The van der Waals surface area contributed by atoms with E-state index in [1.165, 1.54) is 22.7 Å². The van der Waals surface area contributed by atoms with Gasteiger partial charge in [-0.1, -0.05) is 0 Å². The third-order valence-corrected chi connectivity index (χ3v) is 4.22. The van der Waals surface area contributed by atoms with Gasteiger partial charge in [-0.05, 0) is 41.9 Å². The lowest BCUT2D eigenvalue weighted by Crippen LogP contribution is -2.01. The SMILES string of the molecule is CSc1c(N)nsc1NCc1ccncc1C. The fourth-order valence-corrected chi connectivity index (χ4v) is 3.02. The van der Waals surface area contributed by atoms with Gasteiger partial charge in [0.25, 0.3) is 0 Å². The normalized spacial score (nSPS) is 10.5. The van der Waals surface area contributed by atoms with Gasteiger partial charge in [-0.3, -0.25) is 4.98 Å². The standard InChI is InChI=1S/C11H14N4S2/c1-7-5-13-4-3-8(7)6-14-11-9(16-2)10(12)15-17-11/h3-5,14H,6H2,1-2H3,(H2,12,15). The van der Waals surface area contributed by atoms with E-state index in [9.17, 15) is 0 Å². The molecule has 0 saturated carbocycles. The van der Waals surface area contributed by atoms with Gasteiger partial charge in [0.15, 0.2) is 5.82 Å². The van der Waals surface area contributed by atoms with Crippen molar-refractivity contribution in [2.24, 2.45) is 0 Å². The maximum absolute atomic E-state index is 5.78. The molecule has 0 unspecified atom stereocenters. The molecular weight excluding hydrogens is 252 g/mol. The van der Waals surface area contributed by atoms with E-state index in [-0.39, 0.29) is 0 Å². The second-order valence-corrected chi connectivity index (χ2v) is 5.18. The van der Waals surface area contributed by atoms with E-state index < -0.39 is 0 Å². The number of rotatable bonds is 4. The highest BCUT2D eigenvalue weighted by Crippen LogP contribution is 2.34. The molecule has 2 aromatic heterocycles. The first-order valence-electron chi connectivity index (χ1n) is 5.15. The molecule has 0 spiro atoms. The number of nitrogens with one attached hydrogen (secondary N) is 1. The van der Waals surface area contributed by atoms with E-state index in [1.54, 1.807) is 18.0 Å². The summed E-state index contributed by atoms with van der Waals surface area (Å²) in [7, 11) is 0. The van der Waals surface area contributed by atoms with Gasteiger partial charge in [0.05, 0.1) is 4.90 Å². The average molecular weight is 266 g/mol. The highest BCUT2D eigenvalue weighted by Gasteiger charge is 2.10. The van der Waals surface area contributed by atoms with Crippen LogP contribution in [0.1, 0.15) is 11.1 Å². The fraction of sp³-hybridized carbons (Fsp3) is 0.273. The van der Waals surface area contributed by atoms with Crippen LogP contribution in [0.3, 0.4) is 0 Å². The minimum atomic E-state index is 0.608. The van der Waals surface area contributed by atoms with Crippen molar-refractivity contribution in [2.75, 3.05) is 17.3 Å². The average Bonchev–Trinajstić information content (AvgIpc) is 2.69. The van der Waals surface area contributed by atoms with Gasteiger partial charge in [0, 0.05) is 18.9 Å². The number of nitrogen functional groups attached to an aromatic ring is 1. The zero-order valence-electron chi connectivity index (χ0n) is 9.73. The Morgan fingerprint density at radius 2 is 2.35 bits per heavy atom. The van der Waals surface area contributed by atoms with Crippen molar-refractivity contribution < 1.29 is 0 Å². The van der Waals surface area contributed by atoms with Gasteiger partial charge in [0.1, 0.15) is 5.00 Å². The van der Waals surface area contributed by atoms with Crippen LogP contribution in [0, 0.1) is 6.92 Å². The second-order valence-electron chi connectivity index (χ2n) is 3.59. The predicted molar refractivity (Wildman–Crippen MR) is 74.6 cm³/mol. The molecule has 0 aromatic carbocycles. The van der Waals surface area contributed by atoms with E-state index >= 15 is 0 Å². The van der Waals surface area contributed by atoms with E-state index in [0.717, 1.165) is 16.4 Å². The van der Waals surface area contributed by atoms with Gasteiger partial charge in [-0.15, -0.1) is 11.8 Å². The Morgan fingerprint density at radius 1 is 1.53 bits per heavy atom. The van der Waals surface area contributed by atoms with E-state index in [1.807, 2.05) is 18.5 Å². The molecular formula is C11H14N4S2. The number of thioether (sulfide) groups is 1. The molecule has 0 aliphatic rings. The Labute approximate surface area is 109 Å². The van der Waals surface area contributed by atoms with Gasteiger partial charge in [-0.2, -0.15) is 4.37 Å². The van der Waals surface area contributed by atoms with Gasteiger partial charge in [-0.25, -0.2) is 0 Å². The minimum absolute atomic E-state index is 0.608. The third-order valence-electron chi connectivity index (χ3n) is 2.45. The Balaban J connectivity index is 2.10. The lowest BCUT2D eigenvalue weighted by Gasteiger charge is -2.07. The number of aryl methyl sites for hydroxylation is 1. The smallest absolute Gasteiger partial charge is 0.153 e. The molecule has 6 heteroatoms. The molecule has 0 bridgehead atoms. The van der Waals surface area contributed by atoms with Crippen molar-refractivity contribution in [1.29, 1.82) is 0 Å². The summed E-state index contributed by atoms with van der Waals surface area (Å²) in [5.41, 5.74) is 8.20. The van der Waals surface area contributed by atoms with Crippen molar-refractivity contribution in [2.45, 2.75) is 18.4 Å². The number of nitrogens with zero attached hydrogens (tertiary/aromatic N) is 2. The number of anilines is 2. The summed E-state index contributed by atoms with van der Waals surface area (Å²) < 4.78 is 4.15. The van der Waals surface area contributed by atoms with Crippen molar-refractivity contribution in [3.05, 3.63) is 29.6 Å².